The second-order valence-corrected chi connectivity index (χ2v) is 4.98. The van der Waals surface area contributed by atoms with Gasteiger partial charge in [-0.3, -0.25) is 0 Å². The Morgan fingerprint density at radius 2 is 2.39 bits per heavy atom. The molecule has 0 saturated heterocycles. The summed E-state index contributed by atoms with van der Waals surface area (Å²) in [6.07, 6.45) is 1.74. The lowest BCUT2D eigenvalue weighted by Crippen LogP contribution is -2.11. The highest BCUT2D eigenvalue weighted by Gasteiger charge is 2.21. The van der Waals surface area contributed by atoms with E-state index in [1.54, 1.807) is 18.4 Å². The van der Waals surface area contributed by atoms with Crippen molar-refractivity contribution in [1.82, 2.24) is 10.1 Å². The molecule has 2 atom stereocenters. The zero-order valence-corrected chi connectivity index (χ0v) is 11.3. The predicted molar refractivity (Wildman–Crippen MR) is 69.3 cm³/mol. The average Bonchev–Trinajstić information content (AvgIpc) is 3.05. The molecule has 6 heteroatoms. The van der Waals surface area contributed by atoms with E-state index in [1.165, 1.54) is 0 Å². The monoisotopic (exact) mass is 267 g/mol. The summed E-state index contributed by atoms with van der Waals surface area (Å²) in [5, 5.41) is 5.92. The van der Waals surface area contributed by atoms with E-state index in [0.717, 1.165) is 17.7 Å². The molecule has 0 spiro atoms. The summed E-state index contributed by atoms with van der Waals surface area (Å²) >= 11 is 1.58. The Morgan fingerprint density at radius 3 is 3.00 bits per heavy atom. The van der Waals surface area contributed by atoms with Gasteiger partial charge in [-0.05, 0) is 17.9 Å². The molecule has 0 aliphatic carbocycles. The van der Waals surface area contributed by atoms with E-state index in [9.17, 15) is 0 Å². The summed E-state index contributed by atoms with van der Waals surface area (Å²) in [4.78, 5) is 5.34. The third-order valence-electron chi connectivity index (χ3n) is 2.70. The van der Waals surface area contributed by atoms with Gasteiger partial charge in [0.25, 0.3) is 0 Å². The molecule has 0 radical (unpaired) electrons. The minimum Gasteiger partial charge on any atom is -0.373 e. The van der Waals surface area contributed by atoms with Gasteiger partial charge in [0.1, 0.15) is 12.1 Å². The van der Waals surface area contributed by atoms with Crippen molar-refractivity contribution in [2.24, 2.45) is 5.73 Å². The van der Waals surface area contributed by atoms with Gasteiger partial charge in [-0.2, -0.15) is 4.98 Å². The zero-order valence-electron chi connectivity index (χ0n) is 10.5. The van der Waals surface area contributed by atoms with Crippen LogP contribution < -0.4 is 5.73 Å². The van der Waals surface area contributed by atoms with Gasteiger partial charge < -0.3 is 15.0 Å². The molecular weight excluding hydrogens is 250 g/mol. The molecule has 98 valence electrons. The van der Waals surface area contributed by atoms with Crippen molar-refractivity contribution in [2.45, 2.75) is 31.9 Å². The first-order chi connectivity index (χ1) is 8.76. The van der Waals surface area contributed by atoms with E-state index in [-0.39, 0.29) is 12.1 Å². The largest absolute Gasteiger partial charge is 0.373 e. The molecule has 0 amide bonds. The summed E-state index contributed by atoms with van der Waals surface area (Å²) in [7, 11) is 1.65. The summed E-state index contributed by atoms with van der Waals surface area (Å²) < 4.78 is 10.6. The zero-order chi connectivity index (χ0) is 13.0. The van der Waals surface area contributed by atoms with E-state index in [1.807, 2.05) is 17.5 Å². The van der Waals surface area contributed by atoms with E-state index in [0.29, 0.717) is 11.7 Å². The number of nitrogens with zero attached hydrogens (tertiary/aromatic N) is 2. The summed E-state index contributed by atoms with van der Waals surface area (Å²) in [6.45, 7) is 2.09. The van der Waals surface area contributed by atoms with Crippen LogP contribution in [0.15, 0.2) is 22.0 Å². The van der Waals surface area contributed by atoms with Gasteiger partial charge in [-0.1, -0.05) is 24.6 Å². The first-order valence-electron chi connectivity index (χ1n) is 5.91. The number of aromatic nitrogens is 2. The molecular formula is C12H17N3O2S. The first-order valence-corrected chi connectivity index (χ1v) is 6.79. The smallest absolute Gasteiger partial charge is 0.249 e. The molecule has 0 saturated carbocycles. The van der Waals surface area contributed by atoms with Crippen LogP contribution in [0, 0.1) is 0 Å². The normalized spacial score (nSPS) is 14.6. The van der Waals surface area contributed by atoms with Gasteiger partial charge in [0.2, 0.25) is 11.7 Å². The summed E-state index contributed by atoms with van der Waals surface area (Å²) in [5.41, 5.74) is 6.06. The Balaban J connectivity index is 2.14. The SMILES string of the molecule is CCCC(OC)c1noc(C(N)c2cccs2)n1. The average molecular weight is 267 g/mol. The molecule has 2 unspecified atom stereocenters. The Hall–Kier alpha value is -1.24. The van der Waals surface area contributed by atoms with Crippen molar-refractivity contribution in [3.8, 4) is 0 Å². The Kier molecular flexibility index (Phi) is 4.46. The van der Waals surface area contributed by atoms with Gasteiger partial charge in [-0.25, -0.2) is 0 Å². The molecule has 2 rings (SSSR count). The van der Waals surface area contributed by atoms with Gasteiger partial charge in [0.05, 0.1) is 0 Å². The lowest BCUT2D eigenvalue weighted by molar-refractivity contribution is 0.0854. The lowest BCUT2D eigenvalue weighted by Gasteiger charge is -2.08. The van der Waals surface area contributed by atoms with E-state index < -0.39 is 0 Å². The quantitative estimate of drug-likeness (QED) is 0.871. The van der Waals surface area contributed by atoms with Crippen molar-refractivity contribution in [3.63, 3.8) is 0 Å². The number of thiophene rings is 1. The molecule has 0 aromatic carbocycles. The Morgan fingerprint density at radius 1 is 1.56 bits per heavy atom. The fraction of sp³-hybridized carbons (Fsp3) is 0.500. The van der Waals surface area contributed by atoms with Crippen molar-refractivity contribution in [3.05, 3.63) is 34.1 Å². The Labute approximate surface area is 110 Å². The number of ether oxygens (including phenoxy) is 1. The molecule has 18 heavy (non-hydrogen) atoms. The maximum Gasteiger partial charge on any atom is 0.249 e. The highest BCUT2D eigenvalue weighted by Crippen LogP contribution is 2.25. The second-order valence-electron chi connectivity index (χ2n) is 4.00. The van der Waals surface area contributed by atoms with E-state index in [2.05, 4.69) is 17.1 Å². The standard InChI is InChI=1S/C12H17N3O2S/c1-3-5-8(16-2)11-14-12(17-15-11)10(13)9-6-4-7-18-9/h4,6-8,10H,3,5,13H2,1-2H3. The maximum atomic E-state index is 6.06. The third-order valence-corrected chi connectivity index (χ3v) is 3.65. The number of hydrogen-bond donors (Lipinski definition) is 1. The fourth-order valence-electron chi connectivity index (χ4n) is 1.71. The van der Waals surface area contributed by atoms with E-state index >= 15 is 0 Å². The highest BCUT2D eigenvalue weighted by atomic mass is 32.1. The maximum absolute atomic E-state index is 6.06. The number of nitrogens with two attached hydrogens (primary N) is 1. The molecule has 2 aromatic heterocycles. The van der Waals surface area contributed by atoms with Gasteiger partial charge >= 0.3 is 0 Å². The Bertz CT molecular complexity index is 469. The van der Waals surface area contributed by atoms with Crippen LogP contribution in [0.5, 0.6) is 0 Å². The highest BCUT2D eigenvalue weighted by molar-refractivity contribution is 7.10. The van der Waals surface area contributed by atoms with Crippen molar-refractivity contribution >= 4 is 11.3 Å². The van der Waals surface area contributed by atoms with Gasteiger partial charge in [0, 0.05) is 12.0 Å². The molecule has 5 nitrogen and oxygen atoms in total. The fourth-order valence-corrected chi connectivity index (χ4v) is 2.43. The second kappa shape index (κ2) is 6.08. The number of hydrogen-bond acceptors (Lipinski definition) is 6. The van der Waals surface area contributed by atoms with Crippen LogP contribution in [0.4, 0.5) is 0 Å². The summed E-state index contributed by atoms with van der Waals surface area (Å²) in [6, 6.07) is 3.55. The van der Waals surface area contributed by atoms with Crippen molar-refractivity contribution < 1.29 is 9.26 Å². The van der Waals surface area contributed by atoms with Crippen LogP contribution in [0.2, 0.25) is 0 Å². The minimum absolute atomic E-state index is 0.122. The molecule has 0 aliphatic heterocycles. The van der Waals surface area contributed by atoms with Crippen LogP contribution in [0.1, 0.15) is 48.5 Å². The first kappa shape index (κ1) is 13.2. The summed E-state index contributed by atoms with van der Waals surface area (Å²) in [5.74, 6) is 1.01. The number of methoxy groups -OCH3 is 1. The van der Waals surface area contributed by atoms with Crippen molar-refractivity contribution in [2.75, 3.05) is 7.11 Å². The molecule has 0 aliphatic rings. The van der Waals surface area contributed by atoms with Crippen LogP contribution in [0.3, 0.4) is 0 Å². The van der Waals surface area contributed by atoms with E-state index in [4.69, 9.17) is 15.0 Å². The minimum atomic E-state index is -0.356. The van der Waals surface area contributed by atoms with Crippen LogP contribution in [-0.2, 0) is 4.74 Å². The van der Waals surface area contributed by atoms with Gasteiger partial charge in [0.15, 0.2) is 0 Å². The van der Waals surface area contributed by atoms with Crippen LogP contribution in [-0.4, -0.2) is 17.3 Å². The third kappa shape index (κ3) is 2.77. The topological polar surface area (TPSA) is 74.2 Å². The predicted octanol–water partition coefficient (Wildman–Crippen LogP) is 2.67. The molecule has 2 aromatic rings. The van der Waals surface area contributed by atoms with Gasteiger partial charge in [-0.15, -0.1) is 11.3 Å². The van der Waals surface area contributed by atoms with Crippen LogP contribution >= 0.6 is 11.3 Å². The molecule has 0 bridgehead atoms. The van der Waals surface area contributed by atoms with Crippen LogP contribution in [0.25, 0.3) is 0 Å². The molecule has 2 N–H and O–H groups in total. The van der Waals surface area contributed by atoms with Crippen molar-refractivity contribution in [1.29, 1.82) is 0 Å². The molecule has 2 heterocycles. The lowest BCUT2D eigenvalue weighted by atomic mass is 10.2. The number of rotatable bonds is 6. The molecule has 0 fully saturated rings.